The van der Waals surface area contributed by atoms with Crippen molar-refractivity contribution in [3.05, 3.63) is 85.0 Å². The Morgan fingerprint density at radius 2 is 1.05 bits per heavy atom. The largest absolute Gasteiger partial charge is 0.405 e. The SMILES string of the molecule is Nc1nc(Nc2ccc(F)cc2)nn1-c1cc(NCC(=O)NCC(F)(F)F)ncn1.Nc1nc(Nc2ccc(F)cc2)nn1-c1cc(NCCC(=O)NCC(F)(F)F)ncn1.[HH].[HH].[HH].[HH].[HH].[HH].[HH].[HH]. The second-order valence-electron chi connectivity index (χ2n) is 12.0. The molecular weight excluding hydrogens is 832 g/mol. The van der Waals surface area contributed by atoms with Crippen LogP contribution < -0.4 is 43.4 Å². The van der Waals surface area contributed by atoms with E-state index in [1.165, 1.54) is 76.4 Å². The van der Waals surface area contributed by atoms with Crippen LogP contribution in [0.4, 0.5) is 81.9 Å². The van der Waals surface area contributed by atoms with Crippen molar-refractivity contribution >= 4 is 58.6 Å². The molecule has 0 radical (unpaired) electrons. The molecule has 0 fully saturated rings. The lowest BCUT2D eigenvalue weighted by atomic mass is 10.3. The summed E-state index contributed by atoms with van der Waals surface area (Å²) in [5.74, 6) is -1.22. The predicted molar refractivity (Wildman–Crippen MR) is 219 cm³/mol. The lowest BCUT2D eigenvalue weighted by Crippen LogP contribution is -2.37. The zero-order valence-corrected chi connectivity index (χ0v) is 30.9. The number of alkyl halides is 6. The molecule has 6 rings (SSSR count). The van der Waals surface area contributed by atoms with Crippen LogP contribution in [0.25, 0.3) is 11.6 Å². The highest BCUT2D eigenvalue weighted by Gasteiger charge is 2.28. The Labute approximate surface area is 349 Å². The van der Waals surface area contributed by atoms with Crippen LogP contribution in [-0.2, 0) is 9.59 Å². The van der Waals surface area contributed by atoms with Crippen LogP contribution in [-0.4, -0.2) is 99.8 Å². The van der Waals surface area contributed by atoms with E-state index in [2.05, 4.69) is 61.4 Å². The summed E-state index contributed by atoms with van der Waals surface area (Å²) >= 11 is 0. The molecule has 0 unspecified atom stereocenters. The number of benzene rings is 2. The first kappa shape index (κ1) is 44.2. The van der Waals surface area contributed by atoms with E-state index in [-0.39, 0.29) is 71.4 Å². The number of rotatable bonds is 15. The summed E-state index contributed by atoms with van der Waals surface area (Å²) in [6.45, 7) is -3.20. The van der Waals surface area contributed by atoms with Crippen LogP contribution in [0.3, 0.4) is 0 Å². The molecule has 0 bridgehead atoms. The van der Waals surface area contributed by atoms with Gasteiger partial charge in [0.2, 0.25) is 35.6 Å². The van der Waals surface area contributed by atoms with Gasteiger partial charge >= 0.3 is 12.4 Å². The highest BCUT2D eigenvalue weighted by atomic mass is 19.4. The second kappa shape index (κ2) is 19.7. The fourth-order valence-electron chi connectivity index (χ4n) is 4.56. The smallest absolute Gasteiger partial charge is 0.369 e. The van der Waals surface area contributed by atoms with Gasteiger partial charge in [-0.3, -0.25) is 9.59 Å². The average Bonchev–Trinajstić information content (AvgIpc) is 3.77. The van der Waals surface area contributed by atoms with Gasteiger partial charge in [-0.25, -0.2) is 28.7 Å². The van der Waals surface area contributed by atoms with E-state index in [0.29, 0.717) is 17.2 Å². The average molecular weight is 881 g/mol. The number of hydrogen-bond acceptors (Lipinski definition) is 16. The van der Waals surface area contributed by atoms with Crippen molar-refractivity contribution in [2.24, 2.45) is 0 Å². The Hall–Kier alpha value is -7.94. The quantitative estimate of drug-likeness (QED) is 0.0585. The molecule has 20 nitrogen and oxygen atoms in total. The standard InChI is InChI=1S/C17H17F4N9O.C16H15F4N9O.8H2/c18-10-1-3-11(4-2-10)27-16-28-15(22)30(29-16)13-7-12(25-9-26-13)23-6-5-14(31)24-8-17(19,20)21;17-9-1-3-10(4-2-9)26-15-27-14(21)29(28-15)12-5-11(24-8-25-12)22-6-13(30)23-7-16(18,19)20;;;;;;;;/h1-4,7,9H,5-6,8H2,(H,24,31)(H,23,25,26)(H3,22,27,28,29);1-5,8H,6-7H2,(H,23,30)(H,22,24,25)(H3,21,26,27,28);8*1H. The molecule has 2 aromatic carbocycles. The first-order valence-corrected chi connectivity index (χ1v) is 17.2. The molecule has 61 heavy (non-hydrogen) atoms. The molecule has 10 N–H and O–H groups in total. The number of anilines is 8. The van der Waals surface area contributed by atoms with Crippen molar-refractivity contribution < 1.29 is 56.1 Å². The van der Waals surface area contributed by atoms with Gasteiger partial charge in [0.15, 0.2) is 11.6 Å². The number of carbonyl (C=O) groups is 2. The van der Waals surface area contributed by atoms with Gasteiger partial charge in [0.05, 0.1) is 6.54 Å². The maximum atomic E-state index is 13.0. The summed E-state index contributed by atoms with van der Waals surface area (Å²) in [6, 6.07) is 13.9. The number of nitrogen functional groups attached to an aromatic ring is 2. The number of nitrogens with zero attached hydrogens (tertiary/aromatic N) is 10. The Balaban J connectivity index is -0.000000549. The number of amides is 2. The van der Waals surface area contributed by atoms with Gasteiger partial charge in [-0.15, -0.1) is 10.2 Å². The molecule has 0 aliphatic heterocycles. The summed E-state index contributed by atoms with van der Waals surface area (Å²) in [4.78, 5) is 46.9. The topological polar surface area (TPSA) is 271 Å². The molecule has 0 aliphatic carbocycles. The van der Waals surface area contributed by atoms with Gasteiger partial charge in [0.25, 0.3) is 0 Å². The van der Waals surface area contributed by atoms with Gasteiger partial charge < -0.3 is 43.4 Å². The van der Waals surface area contributed by atoms with E-state index in [1.54, 1.807) is 10.6 Å². The molecule has 0 saturated heterocycles. The zero-order valence-electron chi connectivity index (χ0n) is 30.9. The normalized spacial score (nSPS) is 11.2. The van der Waals surface area contributed by atoms with Gasteiger partial charge in [-0.1, -0.05) is 0 Å². The van der Waals surface area contributed by atoms with E-state index in [0.717, 1.165) is 6.33 Å². The van der Waals surface area contributed by atoms with Gasteiger partial charge in [0.1, 0.15) is 49.0 Å². The number of nitrogens with one attached hydrogen (secondary N) is 6. The maximum absolute atomic E-state index is 13.0. The van der Waals surface area contributed by atoms with Crippen molar-refractivity contribution in [3.8, 4) is 11.6 Å². The lowest BCUT2D eigenvalue weighted by molar-refractivity contribution is -0.138. The number of halogens is 8. The Morgan fingerprint density at radius 1 is 0.623 bits per heavy atom. The summed E-state index contributed by atoms with van der Waals surface area (Å²) in [5.41, 5.74) is 12.8. The first-order valence-electron chi connectivity index (χ1n) is 17.2. The summed E-state index contributed by atoms with van der Waals surface area (Å²) in [5, 5.41) is 22.9. The first-order chi connectivity index (χ1) is 28.9. The molecule has 0 saturated carbocycles. The van der Waals surface area contributed by atoms with E-state index in [9.17, 15) is 44.7 Å². The summed E-state index contributed by atoms with van der Waals surface area (Å²) in [7, 11) is 0. The van der Waals surface area contributed by atoms with Crippen molar-refractivity contribution in [2.75, 3.05) is 58.9 Å². The van der Waals surface area contributed by atoms with E-state index in [1.807, 2.05) is 0 Å². The van der Waals surface area contributed by atoms with Gasteiger partial charge in [-0.05, 0) is 48.5 Å². The molecule has 4 aromatic heterocycles. The number of aromatic nitrogens is 10. The van der Waals surface area contributed by atoms with Gasteiger partial charge in [-0.2, -0.15) is 45.7 Å². The molecule has 28 heteroatoms. The predicted octanol–water partition coefficient (Wildman–Crippen LogP) is 5.58. The van der Waals surface area contributed by atoms with Crippen LogP contribution >= 0.6 is 0 Å². The van der Waals surface area contributed by atoms with Crippen molar-refractivity contribution in [2.45, 2.75) is 18.8 Å². The maximum Gasteiger partial charge on any atom is 0.405 e. The molecule has 0 aliphatic rings. The Bertz CT molecular complexity index is 2430. The second-order valence-corrected chi connectivity index (χ2v) is 12.0. The zero-order chi connectivity index (χ0) is 44.2. The summed E-state index contributed by atoms with van der Waals surface area (Å²) < 4.78 is 101. The third-order valence-electron chi connectivity index (χ3n) is 7.26. The highest BCUT2D eigenvalue weighted by Crippen LogP contribution is 2.20. The number of hydrogen-bond donors (Lipinski definition) is 8. The minimum atomic E-state index is -4.50. The highest BCUT2D eigenvalue weighted by molar-refractivity contribution is 5.80. The van der Waals surface area contributed by atoms with Crippen molar-refractivity contribution in [3.63, 3.8) is 0 Å². The van der Waals surface area contributed by atoms with E-state index >= 15 is 0 Å². The molecule has 338 valence electrons. The molecular formula is C33H48F8N18O2. The number of carbonyl (C=O) groups excluding carboxylic acids is 2. The van der Waals surface area contributed by atoms with Crippen LogP contribution in [0, 0.1) is 11.6 Å². The fraction of sp³-hybridized carbons (Fsp3) is 0.212. The van der Waals surface area contributed by atoms with Gasteiger partial charge in [0, 0.05) is 47.9 Å². The van der Waals surface area contributed by atoms with Crippen LogP contribution in [0.5, 0.6) is 0 Å². The van der Waals surface area contributed by atoms with Crippen molar-refractivity contribution in [1.29, 1.82) is 0 Å². The Kier molecular flexibility index (Phi) is 14.2. The van der Waals surface area contributed by atoms with Crippen LogP contribution in [0.15, 0.2) is 73.3 Å². The minimum Gasteiger partial charge on any atom is -0.369 e. The van der Waals surface area contributed by atoms with Crippen LogP contribution in [0.2, 0.25) is 0 Å². The molecule has 0 atom stereocenters. The third-order valence-corrected chi connectivity index (χ3v) is 7.26. The molecule has 6 aromatic rings. The number of nitrogens with two attached hydrogens (primary N) is 2. The van der Waals surface area contributed by atoms with Crippen LogP contribution in [0.1, 0.15) is 17.8 Å². The lowest BCUT2D eigenvalue weighted by Gasteiger charge is -2.09. The minimum absolute atomic E-state index is 0. The Morgan fingerprint density at radius 3 is 1.49 bits per heavy atom. The fourth-order valence-corrected chi connectivity index (χ4v) is 4.56. The molecule has 0 spiro atoms. The van der Waals surface area contributed by atoms with E-state index in [4.69, 9.17) is 11.5 Å². The van der Waals surface area contributed by atoms with E-state index < -0.39 is 49.6 Å². The molecule has 4 heterocycles. The summed E-state index contributed by atoms with van der Waals surface area (Å²) in [6.07, 6.45) is -6.78. The monoisotopic (exact) mass is 880 g/mol. The third kappa shape index (κ3) is 14.4. The molecule has 2 amide bonds. The van der Waals surface area contributed by atoms with Crippen molar-refractivity contribution in [1.82, 2.24) is 60.1 Å².